The van der Waals surface area contributed by atoms with Gasteiger partial charge >= 0.3 is 11.9 Å². The van der Waals surface area contributed by atoms with E-state index in [2.05, 4.69) is 6.08 Å². The topological polar surface area (TPSA) is 83.9 Å². The Morgan fingerprint density at radius 3 is 2.66 bits per heavy atom. The number of amides is 1. The number of aromatic carboxylic acids is 1. The van der Waals surface area contributed by atoms with Crippen molar-refractivity contribution in [2.75, 3.05) is 13.7 Å². The maximum absolute atomic E-state index is 13.1. The number of hydrogen-bond donors (Lipinski definition) is 1. The highest BCUT2D eigenvalue weighted by Crippen LogP contribution is 2.33. The number of methoxy groups -OCH3 is 1. The molecule has 2 aliphatic rings. The molecule has 1 amide bonds. The molecule has 0 radical (unpaired) electrons. The maximum Gasteiger partial charge on any atom is 0.340 e. The lowest BCUT2D eigenvalue weighted by molar-refractivity contribution is -0.136. The van der Waals surface area contributed by atoms with Crippen LogP contribution in [-0.4, -0.2) is 41.5 Å². The molecule has 0 unspecified atom stereocenters. The van der Waals surface area contributed by atoms with E-state index in [9.17, 15) is 19.5 Å². The quantitative estimate of drug-likeness (QED) is 0.448. The first kappa shape index (κ1) is 20.6. The molecule has 1 aliphatic carbocycles. The Morgan fingerprint density at radius 2 is 2.00 bits per heavy atom. The van der Waals surface area contributed by atoms with E-state index in [-0.39, 0.29) is 22.6 Å². The van der Waals surface area contributed by atoms with Gasteiger partial charge in [0, 0.05) is 12.2 Å². The summed E-state index contributed by atoms with van der Waals surface area (Å²) in [5, 5.41) is 9.42. The summed E-state index contributed by atoms with van der Waals surface area (Å²) >= 11 is 0. The van der Waals surface area contributed by atoms with Gasteiger partial charge in [-0.1, -0.05) is 29.8 Å². The van der Waals surface area contributed by atoms with Crippen LogP contribution >= 0.6 is 0 Å². The number of carboxylic acids is 1. The van der Waals surface area contributed by atoms with Crippen LogP contribution in [0.1, 0.15) is 54.9 Å². The zero-order chi connectivity index (χ0) is 21.0. The Kier molecular flexibility index (Phi) is 6.32. The predicted octanol–water partition coefficient (Wildman–Crippen LogP) is 3.95. The van der Waals surface area contributed by atoms with E-state index in [4.69, 9.17) is 4.74 Å². The average molecular weight is 395 g/mol. The minimum atomic E-state index is -1.09. The van der Waals surface area contributed by atoms with E-state index in [1.54, 1.807) is 30.0 Å². The normalized spacial score (nSPS) is 18.3. The molecule has 0 atom stereocenters. The maximum atomic E-state index is 13.1. The van der Waals surface area contributed by atoms with Crippen LogP contribution in [0.3, 0.4) is 0 Å². The van der Waals surface area contributed by atoms with E-state index in [0.29, 0.717) is 17.8 Å². The van der Waals surface area contributed by atoms with Gasteiger partial charge in [0.25, 0.3) is 5.91 Å². The molecule has 1 aromatic carbocycles. The highest BCUT2D eigenvalue weighted by molar-refractivity contribution is 6.16. The first-order valence-electron chi connectivity index (χ1n) is 9.77. The Hall–Kier alpha value is -3.15. The second-order valence-corrected chi connectivity index (χ2v) is 7.22. The van der Waals surface area contributed by atoms with Gasteiger partial charge in [0.2, 0.25) is 0 Å². The lowest BCUT2D eigenvalue weighted by Gasteiger charge is -2.20. The standard InChI is InChI=1S/C23H25NO5/c1-15-20(23(28)29-2)19(14-17-10-6-7-11-18(17)22(26)27)21(25)24(15)13-12-16-8-4-3-5-9-16/h6-8,10-11,14H,3-5,9,12-13H2,1-2H3,(H,26,27)/b19-14-. The van der Waals surface area contributed by atoms with Crippen LogP contribution in [0, 0.1) is 0 Å². The number of benzene rings is 1. The third kappa shape index (κ3) is 4.31. The number of hydrogen-bond acceptors (Lipinski definition) is 4. The van der Waals surface area contributed by atoms with Crippen molar-refractivity contribution in [3.63, 3.8) is 0 Å². The largest absolute Gasteiger partial charge is 0.478 e. The van der Waals surface area contributed by atoms with Gasteiger partial charge in [-0.2, -0.15) is 0 Å². The summed E-state index contributed by atoms with van der Waals surface area (Å²) in [6, 6.07) is 6.40. The van der Waals surface area contributed by atoms with Crippen LogP contribution in [-0.2, 0) is 14.3 Å². The van der Waals surface area contributed by atoms with Crippen LogP contribution in [0.2, 0.25) is 0 Å². The van der Waals surface area contributed by atoms with Gasteiger partial charge in [0.15, 0.2) is 0 Å². The minimum Gasteiger partial charge on any atom is -0.478 e. The molecule has 1 N–H and O–H groups in total. The average Bonchev–Trinajstić information content (AvgIpc) is 2.96. The van der Waals surface area contributed by atoms with Gasteiger partial charge in [-0.3, -0.25) is 4.79 Å². The summed E-state index contributed by atoms with van der Waals surface area (Å²) in [5.74, 6) is -2.00. The lowest BCUT2D eigenvalue weighted by atomic mass is 9.97. The van der Waals surface area contributed by atoms with Crippen molar-refractivity contribution >= 4 is 23.9 Å². The Bertz CT molecular complexity index is 938. The van der Waals surface area contributed by atoms with E-state index in [1.165, 1.54) is 37.7 Å². The molecule has 1 aromatic rings. The molecule has 29 heavy (non-hydrogen) atoms. The number of ether oxygens (including phenoxy) is 1. The zero-order valence-corrected chi connectivity index (χ0v) is 16.7. The van der Waals surface area contributed by atoms with E-state index in [1.807, 2.05) is 0 Å². The molecule has 152 valence electrons. The Balaban J connectivity index is 1.96. The second kappa shape index (κ2) is 8.90. The number of carbonyl (C=O) groups excluding carboxylic acids is 2. The molecule has 6 nitrogen and oxygen atoms in total. The molecule has 0 saturated heterocycles. The summed E-state index contributed by atoms with van der Waals surface area (Å²) in [7, 11) is 1.27. The van der Waals surface area contributed by atoms with E-state index in [0.717, 1.165) is 19.3 Å². The molecule has 6 heteroatoms. The molecular weight excluding hydrogens is 370 g/mol. The van der Waals surface area contributed by atoms with Gasteiger partial charge in [-0.25, -0.2) is 9.59 Å². The van der Waals surface area contributed by atoms with Crippen LogP contribution in [0.4, 0.5) is 0 Å². The minimum absolute atomic E-state index is 0.0699. The summed E-state index contributed by atoms with van der Waals surface area (Å²) in [5.41, 5.74) is 2.67. The Labute approximate surface area is 170 Å². The molecule has 1 aliphatic heterocycles. The van der Waals surface area contributed by atoms with Crippen molar-refractivity contribution in [1.82, 2.24) is 4.90 Å². The number of rotatable bonds is 6. The molecule has 0 fully saturated rings. The molecule has 3 rings (SSSR count). The van der Waals surface area contributed by atoms with Crippen molar-refractivity contribution in [2.24, 2.45) is 0 Å². The fraction of sp³-hybridized carbons (Fsp3) is 0.348. The third-order valence-electron chi connectivity index (χ3n) is 5.43. The highest BCUT2D eigenvalue weighted by Gasteiger charge is 2.37. The first-order valence-corrected chi connectivity index (χ1v) is 9.77. The van der Waals surface area contributed by atoms with Crippen LogP contribution < -0.4 is 0 Å². The monoisotopic (exact) mass is 395 g/mol. The Morgan fingerprint density at radius 1 is 1.24 bits per heavy atom. The van der Waals surface area contributed by atoms with Crippen LogP contribution in [0.5, 0.6) is 0 Å². The predicted molar refractivity (Wildman–Crippen MR) is 109 cm³/mol. The number of esters is 1. The van der Waals surface area contributed by atoms with E-state index >= 15 is 0 Å². The van der Waals surface area contributed by atoms with Crippen molar-refractivity contribution in [3.8, 4) is 0 Å². The fourth-order valence-corrected chi connectivity index (χ4v) is 3.86. The van der Waals surface area contributed by atoms with Crippen molar-refractivity contribution in [3.05, 3.63) is 63.9 Å². The molecule has 0 spiro atoms. The number of allylic oxidation sites excluding steroid dienone is 2. The van der Waals surface area contributed by atoms with Gasteiger partial charge in [-0.05, 0) is 56.7 Å². The van der Waals surface area contributed by atoms with Crippen molar-refractivity contribution in [2.45, 2.75) is 39.0 Å². The lowest BCUT2D eigenvalue weighted by Crippen LogP contribution is -2.26. The SMILES string of the molecule is COC(=O)C1=C(C)N(CCC2=CCCCC2)C(=O)/C1=C\c1ccccc1C(=O)O. The molecule has 0 saturated carbocycles. The van der Waals surface area contributed by atoms with Gasteiger partial charge in [-0.15, -0.1) is 0 Å². The second-order valence-electron chi connectivity index (χ2n) is 7.22. The molecule has 0 aromatic heterocycles. The molecule has 0 bridgehead atoms. The number of carbonyl (C=O) groups is 3. The summed E-state index contributed by atoms with van der Waals surface area (Å²) in [6.07, 6.45) is 8.96. The van der Waals surface area contributed by atoms with E-state index < -0.39 is 11.9 Å². The van der Waals surface area contributed by atoms with Crippen LogP contribution in [0.15, 0.2) is 52.8 Å². The summed E-state index contributed by atoms with van der Waals surface area (Å²) in [4.78, 5) is 38.7. The zero-order valence-electron chi connectivity index (χ0n) is 16.7. The first-order chi connectivity index (χ1) is 13.9. The van der Waals surface area contributed by atoms with Crippen molar-refractivity contribution < 1.29 is 24.2 Å². The van der Waals surface area contributed by atoms with Gasteiger partial charge in [0.05, 0.1) is 23.8 Å². The fourth-order valence-electron chi connectivity index (χ4n) is 3.86. The smallest absolute Gasteiger partial charge is 0.340 e. The summed E-state index contributed by atoms with van der Waals surface area (Å²) < 4.78 is 4.90. The highest BCUT2D eigenvalue weighted by atomic mass is 16.5. The number of carboxylic acid groups (broad SMARTS) is 1. The molecule has 1 heterocycles. The van der Waals surface area contributed by atoms with Gasteiger partial charge in [0.1, 0.15) is 0 Å². The van der Waals surface area contributed by atoms with Gasteiger partial charge < -0.3 is 14.7 Å². The molecular formula is C23H25NO5. The summed E-state index contributed by atoms with van der Waals surface area (Å²) in [6.45, 7) is 2.21. The third-order valence-corrected chi connectivity index (χ3v) is 5.43. The van der Waals surface area contributed by atoms with Crippen molar-refractivity contribution in [1.29, 1.82) is 0 Å². The van der Waals surface area contributed by atoms with Crippen LogP contribution in [0.25, 0.3) is 6.08 Å². The number of nitrogens with zero attached hydrogens (tertiary/aromatic N) is 1.